The van der Waals surface area contributed by atoms with Crippen molar-refractivity contribution < 1.29 is 18.9 Å². The molecule has 0 aromatic rings. The highest BCUT2D eigenvalue weighted by Crippen LogP contribution is 2.46. The van der Waals surface area contributed by atoms with E-state index < -0.39 is 11.6 Å². The predicted molar refractivity (Wildman–Crippen MR) is 95.9 cm³/mol. The fraction of sp³-hybridized carbons (Fsp3) is 1.00. The van der Waals surface area contributed by atoms with E-state index in [-0.39, 0.29) is 0 Å². The monoisotopic (exact) mass is 342 g/mol. The summed E-state index contributed by atoms with van der Waals surface area (Å²) in [6, 6.07) is 0. The van der Waals surface area contributed by atoms with Crippen LogP contribution in [0.2, 0.25) is 0 Å². The van der Waals surface area contributed by atoms with E-state index in [9.17, 15) is 0 Å². The van der Waals surface area contributed by atoms with Crippen molar-refractivity contribution in [1.82, 2.24) is 0 Å². The van der Waals surface area contributed by atoms with Crippen LogP contribution in [0.15, 0.2) is 0 Å². The van der Waals surface area contributed by atoms with Crippen LogP contribution in [0, 0.1) is 11.8 Å². The Morgan fingerprint density at radius 3 is 1.25 bits per heavy atom. The maximum atomic E-state index is 6.09. The molecule has 0 saturated carbocycles. The van der Waals surface area contributed by atoms with Crippen molar-refractivity contribution in [3.05, 3.63) is 0 Å². The summed E-state index contributed by atoms with van der Waals surface area (Å²) in [6.07, 6.45) is 9.63. The zero-order chi connectivity index (χ0) is 17.5. The Balaban J connectivity index is 2.17. The molecule has 2 aliphatic heterocycles. The molecule has 0 aromatic carbocycles. The Bertz CT molecular complexity index is 312. The van der Waals surface area contributed by atoms with Gasteiger partial charge in [-0.3, -0.25) is 0 Å². The first kappa shape index (κ1) is 20.2. The standard InChI is InChI=1S/C20H38O4/c1-5-7-9-11-17(19(3)21-13-14-22-19)18(12-10-8-6-2)20(4)23-15-16-24-20/h17-18H,5-16H2,1-4H3. The summed E-state index contributed by atoms with van der Waals surface area (Å²) in [5.41, 5.74) is 0. The minimum atomic E-state index is -0.497. The van der Waals surface area contributed by atoms with E-state index in [4.69, 9.17) is 18.9 Å². The number of ether oxygens (including phenoxy) is 4. The van der Waals surface area contributed by atoms with Gasteiger partial charge in [0.2, 0.25) is 0 Å². The highest BCUT2D eigenvalue weighted by Gasteiger charge is 2.51. The van der Waals surface area contributed by atoms with Crippen LogP contribution in [0.1, 0.15) is 79.1 Å². The van der Waals surface area contributed by atoms with Crippen LogP contribution in [0.3, 0.4) is 0 Å². The molecule has 2 aliphatic rings. The molecule has 0 bridgehead atoms. The predicted octanol–water partition coefficient (Wildman–Crippen LogP) is 4.91. The first-order chi connectivity index (χ1) is 11.6. The number of rotatable bonds is 11. The average molecular weight is 343 g/mol. The average Bonchev–Trinajstić information content (AvgIpc) is 3.19. The Morgan fingerprint density at radius 2 is 0.958 bits per heavy atom. The van der Waals surface area contributed by atoms with Gasteiger partial charge in [-0.25, -0.2) is 0 Å². The molecule has 0 radical (unpaired) electrons. The molecule has 0 spiro atoms. The fourth-order valence-corrected chi connectivity index (χ4v) is 4.37. The summed E-state index contributed by atoms with van der Waals surface area (Å²) < 4.78 is 24.4. The van der Waals surface area contributed by atoms with Crippen molar-refractivity contribution in [2.75, 3.05) is 26.4 Å². The Hall–Kier alpha value is -0.160. The molecule has 2 unspecified atom stereocenters. The lowest BCUT2D eigenvalue weighted by atomic mass is 9.74. The third-order valence-corrected chi connectivity index (χ3v) is 5.79. The van der Waals surface area contributed by atoms with Crippen LogP contribution in [0.4, 0.5) is 0 Å². The van der Waals surface area contributed by atoms with Crippen molar-refractivity contribution in [3.8, 4) is 0 Å². The molecular weight excluding hydrogens is 304 g/mol. The van der Waals surface area contributed by atoms with Gasteiger partial charge in [0.1, 0.15) is 0 Å². The van der Waals surface area contributed by atoms with E-state index in [1.165, 1.54) is 38.5 Å². The molecule has 2 heterocycles. The lowest BCUT2D eigenvalue weighted by Gasteiger charge is -2.44. The highest BCUT2D eigenvalue weighted by molar-refractivity contribution is 4.91. The maximum absolute atomic E-state index is 6.09. The first-order valence-electron chi connectivity index (χ1n) is 10.1. The quantitative estimate of drug-likeness (QED) is 0.500. The SMILES string of the molecule is CCCCCC(C(CCCCC)C1(C)OCCO1)C1(C)OCCO1. The third kappa shape index (κ3) is 4.94. The zero-order valence-electron chi connectivity index (χ0n) is 16.3. The Morgan fingerprint density at radius 1 is 0.625 bits per heavy atom. The second-order valence-corrected chi connectivity index (χ2v) is 7.63. The molecule has 0 N–H and O–H groups in total. The molecule has 4 nitrogen and oxygen atoms in total. The fourth-order valence-electron chi connectivity index (χ4n) is 4.37. The molecule has 24 heavy (non-hydrogen) atoms. The minimum Gasteiger partial charge on any atom is -0.348 e. The topological polar surface area (TPSA) is 36.9 Å². The summed E-state index contributed by atoms with van der Waals surface area (Å²) in [4.78, 5) is 0. The third-order valence-electron chi connectivity index (χ3n) is 5.79. The van der Waals surface area contributed by atoms with Crippen LogP contribution in [-0.4, -0.2) is 38.0 Å². The van der Waals surface area contributed by atoms with Gasteiger partial charge in [0.05, 0.1) is 26.4 Å². The highest BCUT2D eigenvalue weighted by atomic mass is 16.7. The summed E-state index contributed by atoms with van der Waals surface area (Å²) in [5, 5.41) is 0. The van der Waals surface area contributed by atoms with Gasteiger partial charge in [-0.15, -0.1) is 0 Å². The molecule has 0 amide bonds. The molecule has 2 fully saturated rings. The molecule has 2 saturated heterocycles. The van der Waals surface area contributed by atoms with Gasteiger partial charge in [-0.05, 0) is 26.7 Å². The van der Waals surface area contributed by atoms with Crippen LogP contribution in [0.5, 0.6) is 0 Å². The molecule has 4 heteroatoms. The van der Waals surface area contributed by atoms with Crippen molar-refractivity contribution >= 4 is 0 Å². The lowest BCUT2D eigenvalue weighted by molar-refractivity contribution is -0.255. The molecular formula is C20H38O4. The Kier molecular flexibility index (Phi) is 7.99. The number of hydrogen-bond acceptors (Lipinski definition) is 4. The smallest absolute Gasteiger partial charge is 0.168 e. The van der Waals surface area contributed by atoms with E-state index in [2.05, 4.69) is 27.7 Å². The van der Waals surface area contributed by atoms with E-state index in [0.29, 0.717) is 38.3 Å². The molecule has 142 valence electrons. The molecule has 2 rings (SSSR count). The second-order valence-electron chi connectivity index (χ2n) is 7.63. The minimum absolute atomic E-state index is 0.312. The van der Waals surface area contributed by atoms with Crippen LogP contribution in [0.25, 0.3) is 0 Å². The van der Waals surface area contributed by atoms with Crippen molar-refractivity contribution in [2.45, 2.75) is 90.6 Å². The Labute approximate surface area is 148 Å². The van der Waals surface area contributed by atoms with Gasteiger partial charge in [0.25, 0.3) is 0 Å². The van der Waals surface area contributed by atoms with Crippen LogP contribution < -0.4 is 0 Å². The summed E-state index contributed by atoms with van der Waals surface area (Å²) in [5.74, 6) is -0.371. The van der Waals surface area contributed by atoms with Gasteiger partial charge < -0.3 is 18.9 Å². The van der Waals surface area contributed by atoms with E-state index in [1.54, 1.807) is 0 Å². The van der Waals surface area contributed by atoms with Gasteiger partial charge in [-0.1, -0.05) is 52.4 Å². The molecule has 0 aromatic heterocycles. The maximum Gasteiger partial charge on any atom is 0.168 e. The summed E-state index contributed by atoms with van der Waals surface area (Å²) in [6.45, 7) is 11.5. The normalized spacial score (nSPS) is 25.0. The van der Waals surface area contributed by atoms with E-state index in [1.807, 2.05) is 0 Å². The van der Waals surface area contributed by atoms with Crippen molar-refractivity contribution in [1.29, 1.82) is 0 Å². The molecule has 2 atom stereocenters. The van der Waals surface area contributed by atoms with Crippen molar-refractivity contribution in [3.63, 3.8) is 0 Å². The summed E-state index contributed by atoms with van der Waals surface area (Å²) >= 11 is 0. The zero-order valence-corrected chi connectivity index (χ0v) is 16.3. The largest absolute Gasteiger partial charge is 0.348 e. The number of unbranched alkanes of at least 4 members (excludes halogenated alkanes) is 4. The van der Waals surface area contributed by atoms with E-state index >= 15 is 0 Å². The van der Waals surface area contributed by atoms with Crippen LogP contribution >= 0.6 is 0 Å². The van der Waals surface area contributed by atoms with Gasteiger partial charge >= 0.3 is 0 Å². The van der Waals surface area contributed by atoms with Gasteiger partial charge in [0.15, 0.2) is 11.6 Å². The molecule has 0 aliphatic carbocycles. The van der Waals surface area contributed by atoms with Crippen molar-refractivity contribution in [2.24, 2.45) is 11.8 Å². The van der Waals surface area contributed by atoms with Gasteiger partial charge in [-0.2, -0.15) is 0 Å². The summed E-state index contributed by atoms with van der Waals surface area (Å²) in [7, 11) is 0. The van der Waals surface area contributed by atoms with Gasteiger partial charge in [0, 0.05) is 11.8 Å². The second kappa shape index (κ2) is 9.51. The van der Waals surface area contributed by atoms with Crippen LogP contribution in [-0.2, 0) is 18.9 Å². The van der Waals surface area contributed by atoms with E-state index in [0.717, 1.165) is 12.8 Å². The first-order valence-corrected chi connectivity index (χ1v) is 10.1. The lowest BCUT2D eigenvalue weighted by Crippen LogP contribution is -2.49. The number of hydrogen-bond donors (Lipinski definition) is 0.